The zero-order valence-electron chi connectivity index (χ0n) is 10.8. The second-order valence-corrected chi connectivity index (χ2v) is 7.09. The predicted molar refractivity (Wildman–Crippen MR) is 73.8 cm³/mol. The van der Waals surface area contributed by atoms with Gasteiger partial charge >= 0.3 is 0 Å². The summed E-state index contributed by atoms with van der Waals surface area (Å²) < 4.78 is 23.1. The number of fused-ring (bicyclic) bond motifs is 1. The van der Waals surface area contributed by atoms with Crippen LogP contribution < -0.4 is 5.32 Å². The fourth-order valence-corrected chi connectivity index (χ4v) is 3.14. The number of benzene rings is 1. The third-order valence-corrected chi connectivity index (χ3v) is 4.65. The number of H-pyrrole nitrogens is 1. The molecule has 19 heavy (non-hydrogen) atoms. The first kappa shape index (κ1) is 12.6. The lowest BCUT2D eigenvalue weighted by atomic mass is 10.0. The molecule has 1 fully saturated rings. The Morgan fingerprint density at radius 2 is 2.16 bits per heavy atom. The van der Waals surface area contributed by atoms with Crippen molar-refractivity contribution >= 4 is 20.9 Å². The van der Waals surface area contributed by atoms with E-state index >= 15 is 0 Å². The molecule has 0 saturated carbocycles. The van der Waals surface area contributed by atoms with Crippen LogP contribution in [0.25, 0.3) is 11.0 Å². The van der Waals surface area contributed by atoms with Crippen molar-refractivity contribution in [2.24, 2.45) is 0 Å². The highest BCUT2D eigenvalue weighted by Gasteiger charge is 2.18. The first-order chi connectivity index (χ1) is 9.04. The smallest absolute Gasteiger partial charge is 0.175 e. The summed E-state index contributed by atoms with van der Waals surface area (Å²) in [4.78, 5) is 8.11. The summed E-state index contributed by atoms with van der Waals surface area (Å²) >= 11 is 0. The van der Waals surface area contributed by atoms with E-state index in [4.69, 9.17) is 0 Å². The van der Waals surface area contributed by atoms with E-state index in [-0.39, 0.29) is 6.04 Å². The van der Waals surface area contributed by atoms with Gasteiger partial charge in [0.15, 0.2) is 9.84 Å². The van der Waals surface area contributed by atoms with Crippen LogP contribution in [0.4, 0.5) is 0 Å². The van der Waals surface area contributed by atoms with Crippen LogP contribution in [0.2, 0.25) is 0 Å². The van der Waals surface area contributed by atoms with E-state index in [0.29, 0.717) is 4.90 Å². The van der Waals surface area contributed by atoms with Crippen LogP contribution in [0.3, 0.4) is 0 Å². The Hall–Kier alpha value is -1.40. The highest BCUT2D eigenvalue weighted by Crippen LogP contribution is 2.24. The number of imidazole rings is 1. The lowest BCUT2D eigenvalue weighted by Crippen LogP contribution is -2.27. The van der Waals surface area contributed by atoms with Crippen LogP contribution in [0.15, 0.2) is 23.1 Å². The molecule has 0 spiro atoms. The minimum absolute atomic E-state index is 0.253. The van der Waals surface area contributed by atoms with Gasteiger partial charge in [0.1, 0.15) is 5.82 Å². The standard InChI is InChI=1S/C13H17N3O2S/c1-19(17,18)9-5-6-10-12(8-9)16-13(15-10)11-4-2-3-7-14-11/h5-6,8,11,14H,2-4,7H2,1H3,(H,15,16). The zero-order chi connectivity index (χ0) is 13.5. The normalized spacial score (nSPS) is 20.8. The Kier molecular flexibility index (Phi) is 3.06. The Bertz CT molecular complexity index is 700. The van der Waals surface area contributed by atoms with Gasteiger partial charge < -0.3 is 10.3 Å². The molecule has 2 heterocycles. The summed E-state index contributed by atoms with van der Waals surface area (Å²) in [6, 6.07) is 5.28. The molecule has 2 N–H and O–H groups in total. The topological polar surface area (TPSA) is 74.8 Å². The number of hydrogen-bond donors (Lipinski definition) is 2. The van der Waals surface area contributed by atoms with Gasteiger partial charge in [0, 0.05) is 6.26 Å². The minimum atomic E-state index is -3.17. The van der Waals surface area contributed by atoms with E-state index in [1.54, 1.807) is 18.2 Å². The molecule has 102 valence electrons. The van der Waals surface area contributed by atoms with Crippen molar-refractivity contribution in [3.05, 3.63) is 24.0 Å². The lowest BCUT2D eigenvalue weighted by Gasteiger charge is -2.21. The van der Waals surface area contributed by atoms with Crippen LogP contribution in [-0.4, -0.2) is 31.2 Å². The molecule has 3 rings (SSSR count). The molecule has 1 aliphatic heterocycles. The molecule has 2 aromatic rings. The number of nitrogens with zero attached hydrogens (tertiary/aromatic N) is 1. The third kappa shape index (κ3) is 2.50. The van der Waals surface area contributed by atoms with Crippen LogP contribution in [-0.2, 0) is 9.84 Å². The van der Waals surface area contributed by atoms with Gasteiger partial charge in [0.25, 0.3) is 0 Å². The molecule has 1 aliphatic rings. The number of sulfone groups is 1. The highest BCUT2D eigenvalue weighted by molar-refractivity contribution is 7.90. The Balaban J connectivity index is 2.01. The second kappa shape index (κ2) is 4.61. The van der Waals surface area contributed by atoms with Gasteiger partial charge in [0.2, 0.25) is 0 Å². The SMILES string of the molecule is CS(=O)(=O)c1ccc2nc(C3CCCCN3)[nH]c2c1. The molecule has 0 aliphatic carbocycles. The maximum atomic E-state index is 11.5. The fourth-order valence-electron chi connectivity index (χ4n) is 2.49. The molecule has 6 heteroatoms. The molecule has 0 amide bonds. The van der Waals surface area contributed by atoms with E-state index in [9.17, 15) is 8.42 Å². The van der Waals surface area contributed by atoms with Gasteiger partial charge in [-0.2, -0.15) is 0 Å². The van der Waals surface area contributed by atoms with Crippen molar-refractivity contribution in [3.8, 4) is 0 Å². The molecule has 1 atom stereocenters. The molecule has 0 bridgehead atoms. The molecule has 1 unspecified atom stereocenters. The Labute approximate surface area is 112 Å². The van der Waals surface area contributed by atoms with Crippen LogP contribution in [0.1, 0.15) is 31.1 Å². The quantitative estimate of drug-likeness (QED) is 0.878. The minimum Gasteiger partial charge on any atom is -0.341 e. The molecular weight excluding hydrogens is 262 g/mol. The van der Waals surface area contributed by atoms with E-state index in [0.717, 1.165) is 29.8 Å². The second-order valence-electron chi connectivity index (χ2n) is 5.08. The van der Waals surface area contributed by atoms with E-state index in [1.807, 2.05) is 0 Å². The number of aromatic amines is 1. The fraction of sp³-hybridized carbons (Fsp3) is 0.462. The average molecular weight is 279 g/mol. The number of rotatable bonds is 2. The molecule has 1 aromatic heterocycles. The summed E-state index contributed by atoms with van der Waals surface area (Å²) in [5, 5.41) is 3.43. The largest absolute Gasteiger partial charge is 0.341 e. The Morgan fingerprint density at radius 1 is 1.32 bits per heavy atom. The lowest BCUT2D eigenvalue weighted by molar-refractivity contribution is 0.400. The van der Waals surface area contributed by atoms with Gasteiger partial charge in [0.05, 0.1) is 22.0 Å². The van der Waals surface area contributed by atoms with E-state index < -0.39 is 9.84 Å². The maximum absolute atomic E-state index is 11.5. The number of nitrogens with one attached hydrogen (secondary N) is 2. The van der Waals surface area contributed by atoms with Crippen molar-refractivity contribution < 1.29 is 8.42 Å². The van der Waals surface area contributed by atoms with Crippen LogP contribution in [0.5, 0.6) is 0 Å². The van der Waals surface area contributed by atoms with Gasteiger partial charge in [-0.05, 0) is 37.6 Å². The maximum Gasteiger partial charge on any atom is 0.175 e. The van der Waals surface area contributed by atoms with Crippen molar-refractivity contribution in [1.29, 1.82) is 0 Å². The van der Waals surface area contributed by atoms with E-state index in [1.165, 1.54) is 19.1 Å². The zero-order valence-corrected chi connectivity index (χ0v) is 11.6. The molecular formula is C13H17N3O2S. The Morgan fingerprint density at radius 3 is 2.84 bits per heavy atom. The summed E-state index contributed by atoms with van der Waals surface area (Å²) in [5.41, 5.74) is 1.60. The van der Waals surface area contributed by atoms with Crippen molar-refractivity contribution in [1.82, 2.24) is 15.3 Å². The van der Waals surface area contributed by atoms with E-state index in [2.05, 4.69) is 15.3 Å². The molecule has 1 aromatic carbocycles. The number of aromatic nitrogens is 2. The average Bonchev–Trinajstić information content (AvgIpc) is 2.81. The van der Waals surface area contributed by atoms with Gasteiger partial charge in [-0.3, -0.25) is 0 Å². The summed E-state index contributed by atoms with van der Waals surface area (Å²) in [5.74, 6) is 0.903. The first-order valence-electron chi connectivity index (χ1n) is 6.47. The number of piperidine rings is 1. The van der Waals surface area contributed by atoms with Gasteiger partial charge in [-0.25, -0.2) is 13.4 Å². The summed E-state index contributed by atoms with van der Waals surface area (Å²) in [7, 11) is -3.17. The van der Waals surface area contributed by atoms with Gasteiger partial charge in [-0.1, -0.05) is 6.42 Å². The third-order valence-electron chi connectivity index (χ3n) is 3.54. The number of hydrogen-bond acceptors (Lipinski definition) is 4. The van der Waals surface area contributed by atoms with Gasteiger partial charge in [-0.15, -0.1) is 0 Å². The summed E-state index contributed by atoms with van der Waals surface area (Å²) in [6.07, 6.45) is 4.69. The highest BCUT2D eigenvalue weighted by atomic mass is 32.2. The summed E-state index contributed by atoms with van der Waals surface area (Å²) in [6.45, 7) is 1.01. The predicted octanol–water partition coefficient (Wildman–Crippen LogP) is 1.78. The van der Waals surface area contributed by atoms with Crippen LogP contribution >= 0.6 is 0 Å². The van der Waals surface area contributed by atoms with Crippen molar-refractivity contribution in [2.45, 2.75) is 30.2 Å². The van der Waals surface area contributed by atoms with Crippen LogP contribution in [0, 0.1) is 0 Å². The monoisotopic (exact) mass is 279 g/mol. The molecule has 5 nitrogen and oxygen atoms in total. The molecule has 0 radical (unpaired) electrons. The van der Waals surface area contributed by atoms with Crippen molar-refractivity contribution in [3.63, 3.8) is 0 Å². The van der Waals surface area contributed by atoms with Crippen molar-refractivity contribution in [2.75, 3.05) is 12.8 Å². The first-order valence-corrected chi connectivity index (χ1v) is 8.36. The molecule has 1 saturated heterocycles.